The molecule has 1 aromatic heterocycles. The number of ether oxygens (including phenoxy) is 1. The van der Waals surface area contributed by atoms with Crippen LogP contribution in [0.4, 0.5) is 0 Å². The Hall–Kier alpha value is -0.550. The second kappa shape index (κ2) is 5.87. The number of carbonyl (C=O) groups excluding carboxylic acids is 1. The highest BCUT2D eigenvalue weighted by molar-refractivity contribution is 9.09. The summed E-state index contributed by atoms with van der Waals surface area (Å²) in [5.74, 6) is 0.778. The van der Waals surface area contributed by atoms with Gasteiger partial charge in [-0.25, -0.2) is 0 Å². The zero-order valence-electron chi connectivity index (χ0n) is 9.74. The van der Waals surface area contributed by atoms with Gasteiger partial charge in [0.05, 0.1) is 12.0 Å². The molecule has 0 aliphatic heterocycles. The van der Waals surface area contributed by atoms with E-state index in [4.69, 9.17) is 4.74 Å². The van der Waals surface area contributed by atoms with E-state index in [0.29, 0.717) is 10.9 Å². The van der Waals surface area contributed by atoms with Crippen LogP contribution in [0, 0.1) is 0 Å². The van der Waals surface area contributed by atoms with Gasteiger partial charge in [-0.15, -0.1) is 11.3 Å². The van der Waals surface area contributed by atoms with Crippen LogP contribution in [-0.4, -0.2) is 23.9 Å². The second-order valence-electron chi connectivity index (χ2n) is 4.27. The number of alkyl halides is 1. The molecule has 1 fully saturated rings. The smallest absolute Gasteiger partial charge is 0.261 e. The summed E-state index contributed by atoms with van der Waals surface area (Å²) < 4.78 is 5.07. The Kier molecular flexibility index (Phi) is 4.45. The molecule has 0 spiro atoms. The molecule has 0 atom stereocenters. The predicted octanol–water partition coefficient (Wildman–Crippen LogP) is 3.19. The van der Waals surface area contributed by atoms with E-state index >= 15 is 0 Å². The Bertz CT molecular complexity index is 386. The number of nitrogens with one attached hydrogen (secondary N) is 1. The van der Waals surface area contributed by atoms with Gasteiger partial charge in [0.2, 0.25) is 0 Å². The minimum atomic E-state index is 0.0244. The summed E-state index contributed by atoms with van der Waals surface area (Å²) in [5, 5.41) is 4.94. The molecule has 1 N–H and O–H groups in total. The first-order chi connectivity index (χ1) is 8.19. The van der Waals surface area contributed by atoms with Crippen molar-refractivity contribution in [3.63, 3.8) is 0 Å². The van der Waals surface area contributed by atoms with Gasteiger partial charge < -0.3 is 10.1 Å². The summed E-state index contributed by atoms with van der Waals surface area (Å²) in [6, 6.07) is 2.11. The van der Waals surface area contributed by atoms with Gasteiger partial charge >= 0.3 is 0 Å². The average Bonchev–Trinajstić information content (AvgIpc) is 2.81. The van der Waals surface area contributed by atoms with Crippen LogP contribution in [0.5, 0.6) is 5.75 Å². The third-order valence-electron chi connectivity index (χ3n) is 3.03. The van der Waals surface area contributed by atoms with Crippen molar-refractivity contribution in [2.24, 2.45) is 0 Å². The summed E-state index contributed by atoms with van der Waals surface area (Å²) in [4.78, 5) is 13.3. The van der Waals surface area contributed by atoms with Crippen LogP contribution >= 0.6 is 27.3 Å². The molecule has 0 radical (unpaired) electrons. The number of methoxy groups -OCH3 is 1. The molecular formula is C12H16BrNO2S. The molecule has 1 saturated carbocycles. The number of hydrogen-bond acceptors (Lipinski definition) is 3. The van der Waals surface area contributed by atoms with Crippen molar-refractivity contribution in [3.05, 3.63) is 16.3 Å². The summed E-state index contributed by atoms with van der Waals surface area (Å²) in [5.41, 5.74) is 0. The third-order valence-corrected chi connectivity index (χ3v) is 4.85. The van der Waals surface area contributed by atoms with Gasteiger partial charge in [-0.1, -0.05) is 15.9 Å². The Morgan fingerprint density at radius 3 is 2.76 bits per heavy atom. The van der Waals surface area contributed by atoms with E-state index in [1.807, 2.05) is 5.38 Å². The zero-order valence-corrected chi connectivity index (χ0v) is 12.1. The van der Waals surface area contributed by atoms with Crippen molar-refractivity contribution >= 4 is 33.2 Å². The van der Waals surface area contributed by atoms with E-state index in [2.05, 4.69) is 21.2 Å². The summed E-state index contributed by atoms with van der Waals surface area (Å²) in [6.45, 7) is 0. The lowest BCUT2D eigenvalue weighted by Gasteiger charge is -2.25. The van der Waals surface area contributed by atoms with Crippen LogP contribution < -0.4 is 10.1 Å². The summed E-state index contributed by atoms with van der Waals surface area (Å²) in [6.07, 6.45) is 4.39. The van der Waals surface area contributed by atoms with Gasteiger partial charge in [-0.05, 0) is 25.7 Å². The molecule has 3 nitrogen and oxygen atoms in total. The molecule has 94 valence electrons. The Labute approximate surface area is 114 Å². The van der Waals surface area contributed by atoms with Crippen LogP contribution in [0.15, 0.2) is 11.4 Å². The molecule has 5 heteroatoms. The van der Waals surface area contributed by atoms with Crippen LogP contribution in [0.3, 0.4) is 0 Å². The van der Waals surface area contributed by atoms with E-state index in [9.17, 15) is 4.79 Å². The molecule has 1 aliphatic rings. The van der Waals surface area contributed by atoms with Crippen LogP contribution in [-0.2, 0) is 0 Å². The highest BCUT2D eigenvalue weighted by Crippen LogP contribution is 2.25. The fourth-order valence-electron chi connectivity index (χ4n) is 2.00. The SMILES string of the molecule is COc1csc(C(=O)NC2CCC(Br)CC2)c1. The molecule has 1 aromatic rings. The molecule has 1 heterocycles. The van der Waals surface area contributed by atoms with Gasteiger partial charge in [0, 0.05) is 22.3 Å². The molecule has 1 aliphatic carbocycles. The molecule has 0 saturated heterocycles. The summed E-state index contributed by atoms with van der Waals surface area (Å²) >= 11 is 5.04. The normalized spacial score (nSPS) is 24.4. The first-order valence-electron chi connectivity index (χ1n) is 5.76. The first kappa shape index (κ1) is 12.9. The maximum Gasteiger partial charge on any atom is 0.261 e. The predicted molar refractivity (Wildman–Crippen MR) is 73.3 cm³/mol. The lowest BCUT2D eigenvalue weighted by molar-refractivity contribution is 0.0932. The van der Waals surface area contributed by atoms with Crippen molar-refractivity contribution in [3.8, 4) is 5.75 Å². The van der Waals surface area contributed by atoms with Crippen molar-refractivity contribution in [1.82, 2.24) is 5.32 Å². The fourth-order valence-corrected chi connectivity index (χ4v) is 3.28. The van der Waals surface area contributed by atoms with Gasteiger partial charge in [-0.2, -0.15) is 0 Å². The highest BCUT2D eigenvalue weighted by atomic mass is 79.9. The van der Waals surface area contributed by atoms with Gasteiger partial charge in [0.15, 0.2) is 0 Å². The van der Waals surface area contributed by atoms with E-state index in [-0.39, 0.29) is 5.91 Å². The Morgan fingerprint density at radius 1 is 1.47 bits per heavy atom. The number of amides is 1. The number of hydrogen-bond donors (Lipinski definition) is 1. The van der Waals surface area contributed by atoms with Crippen molar-refractivity contribution in [2.45, 2.75) is 36.6 Å². The maximum absolute atomic E-state index is 12.0. The number of carbonyl (C=O) groups is 1. The number of rotatable bonds is 3. The molecular weight excluding hydrogens is 302 g/mol. The Morgan fingerprint density at radius 2 is 2.18 bits per heavy atom. The van der Waals surface area contributed by atoms with Crippen molar-refractivity contribution in [2.75, 3.05) is 7.11 Å². The molecule has 1 amide bonds. The first-order valence-corrected chi connectivity index (χ1v) is 7.56. The van der Waals surface area contributed by atoms with E-state index in [1.165, 1.54) is 11.3 Å². The van der Waals surface area contributed by atoms with Gasteiger partial charge in [0.25, 0.3) is 5.91 Å². The quantitative estimate of drug-likeness (QED) is 0.869. The standard InChI is InChI=1S/C12H16BrNO2S/c1-16-10-6-11(17-7-10)12(15)14-9-4-2-8(13)3-5-9/h6-9H,2-5H2,1H3,(H,14,15). The lowest BCUT2D eigenvalue weighted by Crippen LogP contribution is -2.37. The largest absolute Gasteiger partial charge is 0.496 e. The topological polar surface area (TPSA) is 38.3 Å². The van der Waals surface area contributed by atoms with Crippen LogP contribution in [0.25, 0.3) is 0 Å². The second-order valence-corrected chi connectivity index (χ2v) is 6.48. The lowest BCUT2D eigenvalue weighted by atomic mass is 9.95. The van der Waals surface area contributed by atoms with Gasteiger partial charge in [0.1, 0.15) is 5.75 Å². The minimum Gasteiger partial charge on any atom is -0.496 e. The minimum absolute atomic E-state index is 0.0244. The molecule has 0 bridgehead atoms. The maximum atomic E-state index is 12.0. The highest BCUT2D eigenvalue weighted by Gasteiger charge is 2.21. The molecule has 17 heavy (non-hydrogen) atoms. The van der Waals surface area contributed by atoms with Crippen LogP contribution in [0.2, 0.25) is 0 Å². The average molecular weight is 318 g/mol. The number of halogens is 1. The van der Waals surface area contributed by atoms with E-state index < -0.39 is 0 Å². The fraction of sp³-hybridized carbons (Fsp3) is 0.583. The van der Waals surface area contributed by atoms with Gasteiger partial charge in [-0.3, -0.25) is 4.79 Å². The number of thiophene rings is 1. The van der Waals surface area contributed by atoms with E-state index in [0.717, 1.165) is 36.3 Å². The van der Waals surface area contributed by atoms with Crippen molar-refractivity contribution in [1.29, 1.82) is 0 Å². The van der Waals surface area contributed by atoms with E-state index in [1.54, 1.807) is 13.2 Å². The van der Waals surface area contributed by atoms with Crippen LogP contribution in [0.1, 0.15) is 35.4 Å². The molecule has 0 unspecified atom stereocenters. The monoisotopic (exact) mass is 317 g/mol. The summed E-state index contributed by atoms with van der Waals surface area (Å²) in [7, 11) is 1.61. The zero-order chi connectivity index (χ0) is 12.3. The molecule has 2 rings (SSSR count). The van der Waals surface area contributed by atoms with Crippen molar-refractivity contribution < 1.29 is 9.53 Å². The molecule has 0 aromatic carbocycles. The Balaban J connectivity index is 1.88. The third kappa shape index (κ3) is 3.45.